The summed E-state index contributed by atoms with van der Waals surface area (Å²) in [4.78, 5) is 22.9. The average molecular weight is 369 g/mol. The molecular formula is C17H15N5O3S. The number of carbonyl (C=O) groups is 2. The van der Waals surface area contributed by atoms with Crippen LogP contribution < -0.4 is 5.32 Å². The van der Waals surface area contributed by atoms with Crippen LogP contribution in [0.15, 0.2) is 59.8 Å². The van der Waals surface area contributed by atoms with Crippen LogP contribution in [0.25, 0.3) is 5.69 Å². The van der Waals surface area contributed by atoms with Gasteiger partial charge < -0.3 is 10.4 Å². The molecule has 2 aromatic carbocycles. The molecule has 0 radical (unpaired) electrons. The molecule has 3 rings (SSSR count). The van der Waals surface area contributed by atoms with Gasteiger partial charge in [-0.2, -0.15) is 4.68 Å². The van der Waals surface area contributed by atoms with Gasteiger partial charge in [-0.1, -0.05) is 30.0 Å². The maximum atomic E-state index is 12.0. The molecule has 8 nitrogen and oxygen atoms in total. The standard InChI is InChI=1S/C17H15N5O3S/c23-15(18-13-4-2-1-3-5-13)10-11-26-17-19-20-21-22(17)14-8-6-12(7-9-14)16(24)25/h1-9H,10-11H2,(H,18,23)(H,24,25). The molecule has 0 atom stereocenters. The van der Waals surface area contributed by atoms with E-state index in [9.17, 15) is 9.59 Å². The second-order valence-electron chi connectivity index (χ2n) is 5.24. The number of anilines is 1. The van der Waals surface area contributed by atoms with Crippen LogP contribution in [0.1, 0.15) is 16.8 Å². The van der Waals surface area contributed by atoms with E-state index in [1.165, 1.54) is 28.6 Å². The minimum atomic E-state index is -0.993. The molecule has 1 aromatic heterocycles. The predicted molar refractivity (Wildman–Crippen MR) is 96.5 cm³/mol. The van der Waals surface area contributed by atoms with Gasteiger partial charge in [-0.25, -0.2) is 4.79 Å². The first-order valence-electron chi connectivity index (χ1n) is 7.73. The molecule has 0 saturated heterocycles. The molecule has 3 aromatic rings. The lowest BCUT2D eigenvalue weighted by atomic mass is 10.2. The summed E-state index contributed by atoms with van der Waals surface area (Å²) in [7, 11) is 0. The molecule has 0 aliphatic carbocycles. The maximum Gasteiger partial charge on any atom is 0.335 e. The number of aromatic carboxylic acids is 1. The molecule has 0 fully saturated rings. The fourth-order valence-electron chi connectivity index (χ4n) is 2.16. The van der Waals surface area contributed by atoms with Crippen molar-refractivity contribution in [3.05, 3.63) is 60.2 Å². The van der Waals surface area contributed by atoms with Gasteiger partial charge in [0.1, 0.15) is 0 Å². The number of carboxylic acids is 1. The molecule has 0 spiro atoms. The van der Waals surface area contributed by atoms with Crippen molar-refractivity contribution >= 4 is 29.3 Å². The minimum Gasteiger partial charge on any atom is -0.478 e. The van der Waals surface area contributed by atoms with Crippen LogP contribution in [0.5, 0.6) is 0 Å². The lowest BCUT2D eigenvalue weighted by Gasteiger charge is -2.06. The van der Waals surface area contributed by atoms with E-state index in [-0.39, 0.29) is 11.5 Å². The Balaban J connectivity index is 1.57. The molecule has 1 heterocycles. The summed E-state index contributed by atoms with van der Waals surface area (Å²) in [6.45, 7) is 0. The van der Waals surface area contributed by atoms with E-state index in [4.69, 9.17) is 5.11 Å². The summed E-state index contributed by atoms with van der Waals surface area (Å²) < 4.78 is 1.51. The van der Waals surface area contributed by atoms with Crippen molar-refractivity contribution in [3.63, 3.8) is 0 Å². The molecule has 132 valence electrons. The fourth-order valence-corrected chi connectivity index (χ4v) is 2.98. The molecule has 2 N–H and O–H groups in total. The summed E-state index contributed by atoms with van der Waals surface area (Å²) in [5.41, 5.74) is 1.59. The monoisotopic (exact) mass is 369 g/mol. The van der Waals surface area contributed by atoms with Crippen molar-refractivity contribution in [2.24, 2.45) is 0 Å². The second-order valence-corrected chi connectivity index (χ2v) is 6.30. The maximum absolute atomic E-state index is 12.0. The Morgan fingerprint density at radius 3 is 2.50 bits per heavy atom. The average Bonchev–Trinajstić information content (AvgIpc) is 3.11. The van der Waals surface area contributed by atoms with Crippen LogP contribution in [0.4, 0.5) is 5.69 Å². The third-order valence-corrected chi connectivity index (χ3v) is 4.34. The number of nitrogens with one attached hydrogen (secondary N) is 1. The number of carboxylic acid groups (broad SMARTS) is 1. The van der Waals surface area contributed by atoms with Crippen molar-refractivity contribution in [2.45, 2.75) is 11.6 Å². The Bertz CT molecular complexity index is 896. The van der Waals surface area contributed by atoms with E-state index < -0.39 is 5.97 Å². The number of tetrazole rings is 1. The number of para-hydroxylation sites is 1. The van der Waals surface area contributed by atoms with Gasteiger partial charge in [-0.3, -0.25) is 4.79 Å². The molecule has 0 bridgehead atoms. The summed E-state index contributed by atoms with van der Waals surface area (Å²) in [5.74, 6) is -0.576. The Hall–Kier alpha value is -3.20. The smallest absolute Gasteiger partial charge is 0.335 e. The lowest BCUT2D eigenvalue weighted by molar-refractivity contribution is -0.115. The minimum absolute atomic E-state index is 0.0893. The highest BCUT2D eigenvalue weighted by molar-refractivity contribution is 7.99. The molecular weight excluding hydrogens is 354 g/mol. The molecule has 0 unspecified atom stereocenters. The van der Waals surface area contributed by atoms with Crippen LogP contribution >= 0.6 is 11.8 Å². The number of benzene rings is 2. The fraction of sp³-hybridized carbons (Fsp3) is 0.118. The first-order chi connectivity index (χ1) is 12.6. The summed E-state index contributed by atoms with van der Waals surface area (Å²) in [6.07, 6.45) is 0.310. The highest BCUT2D eigenvalue weighted by Gasteiger charge is 2.11. The van der Waals surface area contributed by atoms with Crippen LogP contribution in [0.2, 0.25) is 0 Å². The highest BCUT2D eigenvalue weighted by Crippen LogP contribution is 2.19. The molecule has 0 aliphatic heterocycles. The van der Waals surface area contributed by atoms with E-state index >= 15 is 0 Å². The van der Waals surface area contributed by atoms with Gasteiger partial charge >= 0.3 is 5.97 Å². The molecule has 9 heteroatoms. The van der Waals surface area contributed by atoms with Crippen molar-refractivity contribution in [2.75, 3.05) is 11.1 Å². The summed E-state index contributed by atoms with van der Waals surface area (Å²) in [6, 6.07) is 15.5. The van der Waals surface area contributed by atoms with Crippen LogP contribution in [-0.2, 0) is 4.79 Å². The number of hydrogen-bond acceptors (Lipinski definition) is 6. The summed E-state index contributed by atoms with van der Waals surface area (Å²) >= 11 is 1.35. The van der Waals surface area contributed by atoms with Gasteiger partial charge in [-0.05, 0) is 46.8 Å². The van der Waals surface area contributed by atoms with Crippen molar-refractivity contribution < 1.29 is 14.7 Å². The van der Waals surface area contributed by atoms with Crippen molar-refractivity contribution in [3.8, 4) is 5.69 Å². The predicted octanol–water partition coefficient (Wildman–Crippen LogP) is 2.48. The number of nitrogens with zero attached hydrogens (tertiary/aromatic N) is 4. The first-order valence-corrected chi connectivity index (χ1v) is 8.72. The van der Waals surface area contributed by atoms with E-state index in [0.29, 0.717) is 23.0 Å². The quantitative estimate of drug-likeness (QED) is 0.616. The number of aromatic nitrogens is 4. The normalized spacial score (nSPS) is 10.5. The highest BCUT2D eigenvalue weighted by atomic mass is 32.2. The Labute approximate surface area is 153 Å². The van der Waals surface area contributed by atoms with Crippen LogP contribution in [0.3, 0.4) is 0 Å². The van der Waals surface area contributed by atoms with Gasteiger partial charge in [0.15, 0.2) is 0 Å². The Kier molecular flexibility index (Phi) is 5.59. The van der Waals surface area contributed by atoms with Gasteiger partial charge in [0.2, 0.25) is 11.1 Å². The van der Waals surface area contributed by atoms with Gasteiger partial charge in [0.25, 0.3) is 0 Å². The van der Waals surface area contributed by atoms with Crippen molar-refractivity contribution in [1.29, 1.82) is 0 Å². The Morgan fingerprint density at radius 1 is 1.08 bits per heavy atom. The van der Waals surface area contributed by atoms with Gasteiger partial charge in [-0.15, -0.1) is 5.10 Å². The number of hydrogen-bond donors (Lipinski definition) is 2. The number of thioether (sulfide) groups is 1. The van der Waals surface area contributed by atoms with Gasteiger partial charge in [0.05, 0.1) is 11.3 Å². The zero-order valence-electron chi connectivity index (χ0n) is 13.6. The third-order valence-electron chi connectivity index (χ3n) is 3.42. The summed E-state index contributed by atoms with van der Waals surface area (Å²) in [5, 5.41) is 23.8. The van der Waals surface area contributed by atoms with Crippen LogP contribution in [0, 0.1) is 0 Å². The van der Waals surface area contributed by atoms with E-state index in [1.54, 1.807) is 12.1 Å². The SMILES string of the molecule is O=C(CCSc1nnnn1-c1ccc(C(=O)O)cc1)Nc1ccccc1. The number of rotatable bonds is 7. The second kappa shape index (κ2) is 8.26. The van der Waals surface area contributed by atoms with Crippen LogP contribution in [-0.4, -0.2) is 42.9 Å². The lowest BCUT2D eigenvalue weighted by Crippen LogP contribution is -2.12. The number of amides is 1. The van der Waals surface area contributed by atoms with E-state index in [0.717, 1.165) is 5.69 Å². The largest absolute Gasteiger partial charge is 0.478 e. The van der Waals surface area contributed by atoms with Gasteiger partial charge in [0, 0.05) is 17.9 Å². The number of carbonyl (C=O) groups excluding carboxylic acids is 1. The molecule has 26 heavy (non-hydrogen) atoms. The topological polar surface area (TPSA) is 110 Å². The third kappa shape index (κ3) is 4.45. The zero-order valence-corrected chi connectivity index (χ0v) is 14.4. The Morgan fingerprint density at radius 2 is 1.81 bits per heavy atom. The van der Waals surface area contributed by atoms with Crippen molar-refractivity contribution in [1.82, 2.24) is 20.2 Å². The molecule has 0 saturated carbocycles. The van der Waals surface area contributed by atoms with E-state index in [1.807, 2.05) is 30.3 Å². The first kappa shape index (κ1) is 17.6. The van der Waals surface area contributed by atoms with E-state index in [2.05, 4.69) is 20.8 Å². The molecule has 0 aliphatic rings. The molecule has 1 amide bonds. The zero-order chi connectivity index (χ0) is 18.4.